The van der Waals surface area contributed by atoms with Gasteiger partial charge in [0.05, 0.1) is 17.3 Å². The third-order valence-electron chi connectivity index (χ3n) is 7.04. The topological polar surface area (TPSA) is 63.9 Å². The molecule has 0 aromatic carbocycles. The lowest BCUT2D eigenvalue weighted by Crippen LogP contribution is -2.43. The summed E-state index contributed by atoms with van der Waals surface area (Å²) in [6, 6.07) is 3.89. The summed E-state index contributed by atoms with van der Waals surface area (Å²) in [6.07, 6.45) is 4.91. The van der Waals surface area contributed by atoms with E-state index in [2.05, 4.69) is 15.1 Å². The van der Waals surface area contributed by atoms with Gasteiger partial charge in [-0.3, -0.25) is 19.4 Å². The van der Waals surface area contributed by atoms with E-state index >= 15 is 0 Å². The van der Waals surface area contributed by atoms with Gasteiger partial charge in [0.25, 0.3) is 0 Å². The molecular weight excluding hydrogens is 431 g/mol. The molecule has 3 aromatic rings. The number of Topliss-reactive ketones (excluding diaryl/α,β-unsaturated/α-hetero) is 1. The Balaban J connectivity index is 1.21. The predicted octanol–water partition coefficient (Wildman–Crippen LogP) is 4.20. The maximum absolute atomic E-state index is 13.2. The average molecular weight is 458 g/mol. The molecular formula is C24H26F3N5O. The highest BCUT2D eigenvalue weighted by Gasteiger charge is 2.63. The number of alkyl halides is 3. The van der Waals surface area contributed by atoms with E-state index in [9.17, 15) is 18.0 Å². The fourth-order valence-corrected chi connectivity index (χ4v) is 4.74. The van der Waals surface area contributed by atoms with Crippen LogP contribution < -0.4 is 0 Å². The molecule has 0 N–H and O–H groups in total. The highest BCUT2D eigenvalue weighted by atomic mass is 19.4. The Labute approximate surface area is 189 Å². The highest BCUT2D eigenvalue weighted by Crippen LogP contribution is 2.58. The molecule has 0 atom stereocenters. The molecule has 1 saturated heterocycles. The zero-order valence-electron chi connectivity index (χ0n) is 18.5. The van der Waals surface area contributed by atoms with Crippen molar-refractivity contribution >= 4 is 16.6 Å². The summed E-state index contributed by atoms with van der Waals surface area (Å²) in [5, 5.41) is 6.03. The second-order valence-corrected chi connectivity index (χ2v) is 9.47. The zero-order valence-corrected chi connectivity index (χ0v) is 18.5. The number of rotatable bonds is 6. The van der Waals surface area contributed by atoms with Gasteiger partial charge in [-0.05, 0) is 56.3 Å². The molecule has 2 aliphatic rings. The van der Waals surface area contributed by atoms with Crippen LogP contribution in [-0.4, -0.2) is 56.2 Å². The second kappa shape index (κ2) is 8.20. The number of ketones is 1. The summed E-state index contributed by atoms with van der Waals surface area (Å²) in [7, 11) is 1.85. The Hall–Kier alpha value is -2.81. The van der Waals surface area contributed by atoms with Crippen molar-refractivity contribution in [1.29, 1.82) is 0 Å². The number of piperidine rings is 1. The fourth-order valence-electron chi connectivity index (χ4n) is 4.74. The van der Waals surface area contributed by atoms with Crippen LogP contribution in [0.15, 0.2) is 36.9 Å². The quantitative estimate of drug-likeness (QED) is 0.555. The van der Waals surface area contributed by atoms with Gasteiger partial charge >= 0.3 is 6.18 Å². The summed E-state index contributed by atoms with van der Waals surface area (Å²) in [5.41, 5.74) is 0.910. The van der Waals surface area contributed by atoms with Crippen molar-refractivity contribution in [2.45, 2.75) is 38.3 Å². The van der Waals surface area contributed by atoms with Crippen molar-refractivity contribution in [2.75, 3.05) is 19.6 Å². The number of aromatic nitrogens is 4. The Morgan fingerprint density at radius 1 is 1.09 bits per heavy atom. The van der Waals surface area contributed by atoms with Gasteiger partial charge < -0.3 is 4.90 Å². The van der Waals surface area contributed by atoms with Crippen LogP contribution in [0.1, 0.15) is 31.4 Å². The lowest BCUT2D eigenvalue weighted by molar-refractivity contribution is -0.192. The van der Waals surface area contributed by atoms with Crippen molar-refractivity contribution < 1.29 is 18.0 Å². The van der Waals surface area contributed by atoms with Crippen LogP contribution in [0.25, 0.3) is 22.0 Å². The smallest absolute Gasteiger partial charge is 0.302 e. The minimum Gasteiger partial charge on any atom is -0.302 e. The molecule has 1 aliphatic heterocycles. The van der Waals surface area contributed by atoms with Gasteiger partial charge in [-0.2, -0.15) is 18.3 Å². The second-order valence-electron chi connectivity index (χ2n) is 9.47. The molecule has 4 heterocycles. The first kappa shape index (κ1) is 22.0. The number of fused-ring (bicyclic) bond motifs is 1. The Kier molecular flexibility index (Phi) is 5.47. The molecule has 0 spiro atoms. The third kappa shape index (κ3) is 4.51. The molecule has 2 fully saturated rings. The maximum Gasteiger partial charge on any atom is 0.395 e. The van der Waals surface area contributed by atoms with E-state index in [0.717, 1.165) is 22.0 Å². The largest absolute Gasteiger partial charge is 0.395 e. The molecule has 0 bridgehead atoms. The average Bonchev–Trinajstić information content (AvgIpc) is 3.45. The van der Waals surface area contributed by atoms with E-state index in [1.807, 2.05) is 30.3 Å². The zero-order chi connectivity index (χ0) is 23.2. The van der Waals surface area contributed by atoms with Crippen LogP contribution in [0.5, 0.6) is 0 Å². The minimum atomic E-state index is -4.13. The van der Waals surface area contributed by atoms with Crippen LogP contribution in [0.4, 0.5) is 13.2 Å². The van der Waals surface area contributed by atoms with E-state index in [-0.39, 0.29) is 37.5 Å². The van der Waals surface area contributed by atoms with E-state index in [4.69, 9.17) is 0 Å². The molecule has 6 nitrogen and oxygen atoms in total. The van der Waals surface area contributed by atoms with Gasteiger partial charge in [0.2, 0.25) is 0 Å². The number of hydrogen-bond acceptors (Lipinski definition) is 5. The number of aryl methyl sites for hydroxylation is 1. The number of halogens is 3. The van der Waals surface area contributed by atoms with Crippen LogP contribution in [0.3, 0.4) is 0 Å². The highest BCUT2D eigenvalue weighted by molar-refractivity contribution is 5.87. The molecule has 1 saturated carbocycles. The molecule has 5 rings (SSSR count). The Morgan fingerprint density at radius 3 is 2.45 bits per heavy atom. The van der Waals surface area contributed by atoms with Crippen molar-refractivity contribution in [2.24, 2.45) is 18.4 Å². The SMILES string of the molecule is Cn1cc(-c2cc3cc(CC(=O)C4CCN(CC5(C(F)(F)F)CC5)CC4)ncc3cn2)cn1. The monoisotopic (exact) mass is 457 g/mol. The van der Waals surface area contributed by atoms with Gasteiger partial charge in [0, 0.05) is 61.2 Å². The summed E-state index contributed by atoms with van der Waals surface area (Å²) in [4.78, 5) is 23.7. The van der Waals surface area contributed by atoms with Gasteiger partial charge in [0.1, 0.15) is 5.78 Å². The number of likely N-dealkylation sites (tertiary alicyclic amines) is 1. The van der Waals surface area contributed by atoms with Crippen molar-refractivity contribution in [3.63, 3.8) is 0 Å². The van der Waals surface area contributed by atoms with Crippen LogP contribution in [-0.2, 0) is 18.3 Å². The number of pyridine rings is 2. The first-order valence-electron chi connectivity index (χ1n) is 11.3. The van der Waals surface area contributed by atoms with Crippen LogP contribution >= 0.6 is 0 Å². The summed E-state index contributed by atoms with van der Waals surface area (Å²) in [6.45, 7) is 1.15. The molecule has 33 heavy (non-hydrogen) atoms. The minimum absolute atomic E-state index is 0.0664. The molecule has 174 valence electrons. The normalized spacial score (nSPS) is 19.2. The molecule has 0 unspecified atom stereocenters. The van der Waals surface area contributed by atoms with E-state index in [1.54, 1.807) is 23.3 Å². The summed E-state index contributed by atoms with van der Waals surface area (Å²) >= 11 is 0. The van der Waals surface area contributed by atoms with Crippen LogP contribution in [0.2, 0.25) is 0 Å². The summed E-state index contributed by atoms with van der Waals surface area (Å²) < 4.78 is 41.4. The van der Waals surface area contributed by atoms with E-state index in [1.165, 1.54) is 0 Å². The van der Waals surface area contributed by atoms with Crippen molar-refractivity contribution in [1.82, 2.24) is 24.6 Å². The van der Waals surface area contributed by atoms with E-state index < -0.39 is 11.6 Å². The summed E-state index contributed by atoms with van der Waals surface area (Å²) in [5.74, 6) is -0.0109. The maximum atomic E-state index is 13.2. The van der Waals surface area contributed by atoms with Crippen molar-refractivity contribution in [3.8, 4) is 11.3 Å². The lowest BCUT2D eigenvalue weighted by atomic mass is 9.89. The molecule has 3 aromatic heterocycles. The number of nitrogens with zero attached hydrogens (tertiary/aromatic N) is 5. The number of carbonyl (C=O) groups is 1. The predicted molar refractivity (Wildman–Crippen MR) is 117 cm³/mol. The molecule has 0 radical (unpaired) electrons. The van der Waals surface area contributed by atoms with Gasteiger partial charge in [-0.1, -0.05) is 0 Å². The van der Waals surface area contributed by atoms with Gasteiger partial charge in [-0.15, -0.1) is 0 Å². The van der Waals surface area contributed by atoms with Crippen molar-refractivity contribution in [3.05, 3.63) is 42.6 Å². The molecule has 1 aliphatic carbocycles. The third-order valence-corrected chi connectivity index (χ3v) is 7.04. The first-order valence-corrected chi connectivity index (χ1v) is 11.3. The molecule has 9 heteroatoms. The fraction of sp³-hybridized carbons (Fsp3) is 0.500. The Morgan fingerprint density at radius 2 is 1.82 bits per heavy atom. The van der Waals surface area contributed by atoms with Gasteiger partial charge in [0.15, 0.2) is 0 Å². The standard InChI is InChI=1S/C24H26F3N5O/c1-31-14-19(13-30-31)21-9-17-8-20(28-11-18(17)12-29-21)10-22(33)16-2-6-32(7-3-16)15-23(4-5-23)24(25,26)27/h8-9,11-14,16H,2-7,10,15H2,1H3. The van der Waals surface area contributed by atoms with Crippen LogP contribution in [0, 0.1) is 11.3 Å². The number of carbonyl (C=O) groups excluding carboxylic acids is 1. The van der Waals surface area contributed by atoms with Gasteiger partial charge in [-0.25, -0.2) is 0 Å². The lowest BCUT2D eigenvalue weighted by Gasteiger charge is -2.34. The molecule has 0 amide bonds. The number of hydrogen-bond donors (Lipinski definition) is 0. The Bertz CT molecular complexity index is 1180. The first-order chi connectivity index (χ1) is 15.7. The van der Waals surface area contributed by atoms with E-state index in [0.29, 0.717) is 31.6 Å².